The van der Waals surface area contributed by atoms with E-state index in [-0.39, 0.29) is 11.8 Å². The fourth-order valence-electron chi connectivity index (χ4n) is 1.26. The maximum Gasteiger partial charge on any atom is 0.211 e. The Balaban J connectivity index is 3.50. The Morgan fingerprint density at radius 2 is 1.80 bits per heavy atom. The molecular weight excluding hydrogens is 212 g/mol. The topological polar surface area (TPSA) is 58.2 Å². The third-order valence-corrected chi connectivity index (χ3v) is 3.52. The van der Waals surface area contributed by atoms with E-state index >= 15 is 0 Å². The molecule has 0 bridgehead atoms. The highest BCUT2D eigenvalue weighted by Crippen LogP contribution is 1.95. The third kappa shape index (κ3) is 10.2. The second kappa shape index (κ2) is 8.07. The summed E-state index contributed by atoms with van der Waals surface area (Å²) in [5.41, 5.74) is 0. The zero-order valence-corrected chi connectivity index (χ0v) is 10.9. The van der Waals surface area contributed by atoms with Gasteiger partial charge in [-0.25, -0.2) is 13.1 Å². The van der Waals surface area contributed by atoms with E-state index in [9.17, 15) is 8.42 Å². The zero-order valence-electron chi connectivity index (χ0n) is 10.0. The summed E-state index contributed by atoms with van der Waals surface area (Å²) in [5.74, 6) is 0.235. The molecule has 0 aromatic carbocycles. The van der Waals surface area contributed by atoms with E-state index < -0.39 is 10.0 Å². The fourth-order valence-corrected chi connectivity index (χ4v) is 2.68. The van der Waals surface area contributed by atoms with Crippen LogP contribution in [0.25, 0.3) is 0 Å². The van der Waals surface area contributed by atoms with Gasteiger partial charge in [-0.05, 0) is 46.2 Å². The predicted octanol–water partition coefficient (Wildman–Crippen LogP) is 1.09. The lowest BCUT2D eigenvalue weighted by molar-refractivity contribution is 0.562. The molecule has 0 atom stereocenters. The molecule has 0 amide bonds. The monoisotopic (exact) mass is 236 g/mol. The van der Waals surface area contributed by atoms with Crippen LogP contribution >= 0.6 is 0 Å². The summed E-state index contributed by atoms with van der Waals surface area (Å²) in [7, 11) is -3.05. The van der Waals surface area contributed by atoms with Gasteiger partial charge in [-0.3, -0.25) is 0 Å². The van der Waals surface area contributed by atoms with Gasteiger partial charge in [0.2, 0.25) is 10.0 Å². The van der Waals surface area contributed by atoms with Gasteiger partial charge in [0, 0.05) is 6.04 Å². The molecule has 0 unspecified atom stereocenters. The molecule has 0 radical (unpaired) electrons. The molecule has 0 heterocycles. The lowest BCUT2D eigenvalue weighted by atomic mass is 10.3. The summed E-state index contributed by atoms with van der Waals surface area (Å²) < 4.78 is 25.4. The zero-order chi connectivity index (χ0) is 11.7. The van der Waals surface area contributed by atoms with E-state index in [0.717, 1.165) is 32.4 Å². The van der Waals surface area contributed by atoms with Crippen molar-refractivity contribution in [3.63, 3.8) is 0 Å². The van der Waals surface area contributed by atoms with Crippen molar-refractivity contribution in [3.05, 3.63) is 0 Å². The van der Waals surface area contributed by atoms with Gasteiger partial charge in [0.25, 0.3) is 0 Å². The fraction of sp³-hybridized carbons (Fsp3) is 1.00. The number of sulfonamides is 1. The van der Waals surface area contributed by atoms with Gasteiger partial charge in [-0.2, -0.15) is 0 Å². The van der Waals surface area contributed by atoms with Crippen molar-refractivity contribution in [3.8, 4) is 0 Å². The molecule has 0 aromatic heterocycles. The highest BCUT2D eigenvalue weighted by Gasteiger charge is 2.10. The molecule has 0 aromatic rings. The molecule has 5 heteroatoms. The average molecular weight is 236 g/mol. The molecule has 0 saturated heterocycles. The molecule has 15 heavy (non-hydrogen) atoms. The highest BCUT2D eigenvalue weighted by molar-refractivity contribution is 7.89. The lowest BCUT2D eigenvalue weighted by Crippen LogP contribution is -2.32. The molecule has 0 rings (SSSR count). The minimum Gasteiger partial charge on any atom is -0.317 e. The molecule has 0 spiro atoms. The van der Waals surface area contributed by atoms with E-state index in [1.165, 1.54) is 0 Å². The number of hydrogen-bond donors (Lipinski definition) is 2. The Labute approximate surface area is 93.9 Å². The molecule has 0 aliphatic rings. The van der Waals surface area contributed by atoms with E-state index in [1.54, 1.807) is 0 Å². The first kappa shape index (κ1) is 14.9. The summed E-state index contributed by atoms with van der Waals surface area (Å²) in [6.07, 6.45) is 2.75. The van der Waals surface area contributed by atoms with E-state index in [4.69, 9.17) is 0 Å². The quantitative estimate of drug-likeness (QED) is 0.589. The molecule has 4 nitrogen and oxygen atoms in total. The van der Waals surface area contributed by atoms with Gasteiger partial charge < -0.3 is 5.32 Å². The van der Waals surface area contributed by atoms with Crippen LogP contribution < -0.4 is 10.0 Å². The van der Waals surface area contributed by atoms with Crippen LogP contribution in [0.3, 0.4) is 0 Å². The first-order valence-electron chi connectivity index (χ1n) is 5.68. The van der Waals surface area contributed by atoms with Gasteiger partial charge in [-0.1, -0.05) is 6.92 Å². The van der Waals surface area contributed by atoms with Crippen LogP contribution in [0.1, 0.15) is 40.0 Å². The smallest absolute Gasteiger partial charge is 0.211 e. The number of nitrogens with one attached hydrogen (secondary N) is 2. The summed E-state index contributed by atoms with van der Waals surface area (Å²) in [6.45, 7) is 7.70. The summed E-state index contributed by atoms with van der Waals surface area (Å²) in [4.78, 5) is 0. The second-order valence-electron chi connectivity index (χ2n) is 4.05. The van der Waals surface area contributed by atoms with Crippen LogP contribution in [0.5, 0.6) is 0 Å². The molecule has 0 saturated carbocycles. The van der Waals surface area contributed by atoms with Gasteiger partial charge in [0.1, 0.15) is 0 Å². The van der Waals surface area contributed by atoms with E-state index in [1.807, 2.05) is 13.8 Å². The van der Waals surface area contributed by atoms with E-state index in [2.05, 4.69) is 17.0 Å². The Bertz CT molecular complexity index is 238. The molecule has 2 N–H and O–H groups in total. The number of hydrogen-bond acceptors (Lipinski definition) is 3. The minimum absolute atomic E-state index is 0.00628. The van der Waals surface area contributed by atoms with Crippen LogP contribution in [-0.4, -0.2) is 33.3 Å². The molecule has 0 aliphatic heterocycles. The Morgan fingerprint density at radius 3 is 2.33 bits per heavy atom. The van der Waals surface area contributed by atoms with Crippen molar-refractivity contribution in [2.75, 3.05) is 18.8 Å². The Kier molecular flexibility index (Phi) is 8.00. The Morgan fingerprint density at radius 1 is 1.13 bits per heavy atom. The predicted molar refractivity (Wildman–Crippen MR) is 64.5 cm³/mol. The maximum absolute atomic E-state index is 11.4. The SMILES string of the molecule is CCCNCCCCS(=O)(=O)NC(C)C. The largest absolute Gasteiger partial charge is 0.317 e. The Hall–Kier alpha value is -0.130. The van der Waals surface area contributed by atoms with Crippen molar-refractivity contribution < 1.29 is 8.42 Å². The summed E-state index contributed by atoms with van der Waals surface area (Å²) in [5, 5.41) is 3.25. The first-order chi connectivity index (χ1) is 6.98. The lowest BCUT2D eigenvalue weighted by Gasteiger charge is -2.09. The summed E-state index contributed by atoms with van der Waals surface area (Å²) >= 11 is 0. The second-order valence-corrected chi connectivity index (χ2v) is 5.92. The van der Waals surface area contributed by atoms with Crippen LogP contribution in [0.2, 0.25) is 0 Å². The minimum atomic E-state index is -3.05. The van der Waals surface area contributed by atoms with Crippen LogP contribution in [0.15, 0.2) is 0 Å². The number of unbranched alkanes of at least 4 members (excludes halogenated alkanes) is 1. The molecular formula is C10H24N2O2S. The van der Waals surface area contributed by atoms with Crippen LogP contribution in [0.4, 0.5) is 0 Å². The normalized spacial score (nSPS) is 12.3. The third-order valence-electron chi connectivity index (χ3n) is 1.86. The van der Waals surface area contributed by atoms with Crippen molar-refractivity contribution >= 4 is 10.0 Å². The van der Waals surface area contributed by atoms with Crippen molar-refractivity contribution in [1.29, 1.82) is 0 Å². The average Bonchev–Trinajstić information content (AvgIpc) is 2.08. The molecule has 0 aliphatic carbocycles. The van der Waals surface area contributed by atoms with Crippen molar-refractivity contribution in [2.45, 2.75) is 46.1 Å². The van der Waals surface area contributed by atoms with Gasteiger partial charge >= 0.3 is 0 Å². The van der Waals surface area contributed by atoms with Gasteiger partial charge in [0.05, 0.1) is 5.75 Å². The summed E-state index contributed by atoms with van der Waals surface area (Å²) in [6, 6.07) is -0.00628. The van der Waals surface area contributed by atoms with E-state index in [0.29, 0.717) is 0 Å². The number of rotatable bonds is 9. The van der Waals surface area contributed by atoms with Crippen molar-refractivity contribution in [1.82, 2.24) is 10.0 Å². The van der Waals surface area contributed by atoms with Crippen molar-refractivity contribution in [2.24, 2.45) is 0 Å². The standard InChI is InChI=1S/C10H24N2O2S/c1-4-7-11-8-5-6-9-15(13,14)12-10(2)3/h10-12H,4-9H2,1-3H3. The van der Waals surface area contributed by atoms with Gasteiger partial charge in [0.15, 0.2) is 0 Å². The van der Waals surface area contributed by atoms with Gasteiger partial charge in [-0.15, -0.1) is 0 Å². The van der Waals surface area contributed by atoms with Crippen LogP contribution in [0, 0.1) is 0 Å². The van der Waals surface area contributed by atoms with Crippen LogP contribution in [-0.2, 0) is 10.0 Å². The molecule has 92 valence electrons. The highest BCUT2D eigenvalue weighted by atomic mass is 32.2. The maximum atomic E-state index is 11.4. The first-order valence-corrected chi connectivity index (χ1v) is 7.34. The molecule has 0 fully saturated rings.